The van der Waals surface area contributed by atoms with Crippen LogP contribution in [0, 0.1) is 0 Å². The minimum atomic E-state index is -3.48. The summed E-state index contributed by atoms with van der Waals surface area (Å²) < 4.78 is 43.7. The molecule has 2 rings (SSSR count). The molecular weight excluding hydrogens is 437 g/mol. The van der Waals surface area contributed by atoms with Crippen molar-refractivity contribution in [3.63, 3.8) is 0 Å². The van der Waals surface area contributed by atoms with Gasteiger partial charge in [0.05, 0.1) is 17.7 Å². The van der Waals surface area contributed by atoms with Crippen molar-refractivity contribution in [2.24, 2.45) is 0 Å². The second kappa shape index (κ2) is 10.8. The zero-order valence-electron chi connectivity index (χ0n) is 15.5. The molecule has 0 aliphatic rings. The summed E-state index contributed by atoms with van der Waals surface area (Å²) in [7, 11) is 0.584. The molecule has 0 unspecified atom stereocenters. The van der Waals surface area contributed by atoms with E-state index in [1.54, 1.807) is 24.3 Å². The fourth-order valence-electron chi connectivity index (χ4n) is 1.82. The Hall–Kier alpha value is -0.594. The van der Waals surface area contributed by atoms with Gasteiger partial charge < -0.3 is 33.1 Å². The van der Waals surface area contributed by atoms with Crippen LogP contribution in [0.1, 0.15) is 0 Å². The minimum absolute atomic E-state index is 0. The molecule has 0 aliphatic carbocycles. The van der Waals surface area contributed by atoms with Crippen molar-refractivity contribution >= 4 is 75.5 Å². The van der Waals surface area contributed by atoms with E-state index in [0.29, 0.717) is 0 Å². The Labute approximate surface area is 187 Å². The first-order valence-corrected chi connectivity index (χ1v) is 12.1. The van der Waals surface area contributed by atoms with E-state index >= 15 is 0 Å². The Morgan fingerprint density at radius 3 is 0.963 bits per heavy atom. The fraction of sp³-hybridized carbons (Fsp3) is 0.250. The van der Waals surface area contributed by atoms with Crippen LogP contribution in [0.2, 0.25) is 0 Å². The third-order valence-corrected chi connectivity index (χ3v) is 6.14. The Balaban J connectivity index is 0.000000483. The monoisotopic (exact) mass is 456 g/mol. The van der Waals surface area contributed by atoms with Crippen LogP contribution < -0.4 is 9.80 Å². The molecule has 2 aromatic rings. The van der Waals surface area contributed by atoms with Crippen molar-refractivity contribution in [1.29, 1.82) is 0 Å². The van der Waals surface area contributed by atoms with Gasteiger partial charge in [0.1, 0.15) is 0 Å². The average Bonchev–Trinajstić information content (AvgIpc) is 2.54. The Morgan fingerprint density at radius 2 is 0.815 bits per heavy atom. The molecule has 0 amide bonds. The first-order valence-electron chi connectivity index (χ1n) is 7.29. The Kier molecular flexibility index (Phi) is 10.6. The van der Waals surface area contributed by atoms with E-state index in [9.17, 15) is 16.8 Å². The second-order valence-electron chi connectivity index (χ2n) is 5.68. The number of hydrogen-bond acceptors (Lipinski definition) is 8. The van der Waals surface area contributed by atoms with Gasteiger partial charge in [-0.05, 0) is 48.5 Å². The van der Waals surface area contributed by atoms with Crippen LogP contribution in [-0.2, 0) is 41.1 Å². The van der Waals surface area contributed by atoms with E-state index in [4.69, 9.17) is 0 Å². The van der Waals surface area contributed by atoms with Crippen LogP contribution in [-0.4, -0.2) is 68.1 Å². The standard InChI is InChI=1S/2C8H11NO2S2.Mg/c2*1-9(2)7-3-5-8(6-4-7)13(10,11)12;/h2*3-6H,1-2H3,(H,10,11,12);/q;;+2/p-2. The van der Waals surface area contributed by atoms with Crippen LogP contribution in [0.15, 0.2) is 58.3 Å². The summed E-state index contributed by atoms with van der Waals surface area (Å²) in [4.78, 5) is 4.13. The molecule has 6 nitrogen and oxygen atoms in total. The normalized spacial score (nSPS) is 10.9. The number of benzene rings is 2. The van der Waals surface area contributed by atoms with Gasteiger partial charge in [0.15, 0.2) is 0 Å². The first kappa shape index (κ1) is 26.4. The van der Waals surface area contributed by atoms with Crippen LogP contribution in [0.4, 0.5) is 11.4 Å². The van der Waals surface area contributed by atoms with Crippen LogP contribution in [0.3, 0.4) is 0 Å². The van der Waals surface area contributed by atoms with Gasteiger partial charge in [-0.25, -0.2) is 16.8 Å². The average molecular weight is 457 g/mol. The van der Waals surface area contributed by atoms with Crippen molar-refractivity contribution < 1.29 is 16.8 Å². The smallest absolute Gasteiger partial charge is 0.644 e. The van der Waals surface area contributed by atoms with Crippen molar-refractivity contribution in [3.8, 4) is 0 Å². The maximum atomic E-state index is 10.9. The topological polar surface area (TPSA) is 74.8 Å². The summed E-state index contributed by atoms with van der Waals surface area (Å²) in [5, 5.41) is 0. The van der Waals surface area contributed by atoms with E-state index in [1.165, 1.54) is 24.3 Å². The number of hydrogen-bond donors (Lipinski definition) is 0. The number of nitrogens with zero attached hydrogens (tertiary/aromatic N) is 2. The maximum Gasteiger partial charge on any atom is 2.00 e. The summed E-state index contributed by atoms with van der Waals surface area (Å²) >= 11 is 8.64. The van der Waals surface area contributed by atoms with Gasteiger partial charge in [-0.15, -0.1) is 0 Å². The molecule has 0 aromatic heterocycles. The zero-order valence-corrected chi connectivity index (χ0v) is 20.2. The molecule has 144 valence electrons. The van der Waals surface area contributed by atoms with Gasteiger partial charge in [0.2, 0.25) is 0 Å². The number of anilines is 2. The second-order valence-corrected chi connectivity index (χ2v) is 11.1. The molecule has 0 fully saturated rings. The largest absolute Gasteiger partial charge is 2.00 e. The number of rotatable bonds is 4. The zero-order chi connectivity index (χ0) is 20.1. The van der Waals surface area contributed by atoms with Gasteiger partial charge in [-0.2, -0.15) is 0 Å². The van der Waals surface area contributed by atoms with E-state index in [2.05, 4.69) is 23.3 Å². The Morgan fingerprint density at radius 1 is 0.593 bits per heavy atom. The van der Waals surface area contributed by atoms with E-state index in [0.717, 1.165) is 11.4 Å². The van der Waals surface area contributed by atoms with Gasteiger partial charge in [0, 0.05) is 49.4 Å². The molecule has 0 aliphatic heterocycles. The molecule has 0 saturated heterocycles. The molecule has 27 heavy (non-hydrogen) atoms. The van der Waals surface area contributed by atoms with E-state index in [-0.39, 0.29) is 32.8 Å². The van der Waals surface area contributed by atoms with Gasteiger partial charge in [-0.3, -0.25) is 0 Å². The quantitative estimate of drug-likeness (QED) is 0.390. The third-order valence-electron chi connectivity index (χ3n) is 3.28. The fourth-order valence-corrected chi connectivity index (χ4v) is 3.43. The van der Waals surface area contributed by atoms with Crippen LogP contribution in [0.5, 0.6) is 0 Å². The summed E-state index contributed by atoms with van der Waals surface area (Å²) in [6, 6.07) is 12.9. The molecule has 0 heterocycles. The van der Waals surface area contributed by atoms with Gasteiger partial charge in [-0.1, -0.05) is 0 Å². The molecule has 2 aromatic carbocycles. The molecule has 0 saturated carbocycles. The van der Waals surface area contributed by atoms with Crippen molar-refractivity contribution in [3.05, 3.63) is 48.5 Å². The molecule has 0 atom stereocenters. The van der Waals surface area contributed by atoms with E-state index < -0.39 is 17.7 Å². The maximum absolute atomic E-state index is 10.9. The molecule has 11 heteroatoms. The Bertz CT molecular complexity index is 848. The molecule has 0 N–H and O–H groups in total. The van der Waals surface area contributed by atoms with Crippen molar-refractivity contribution in [2.75, 3.05) is 38.0 Å². The molecule has 0 radical (unpaired) electrons. The summed E-state index contributed by atoms with van der Waals surface area (Å²) in [5.41, 5.74) is 1.89. The summed E-state index contributed by atoms with van der Waals surface area (Å²) in [6.07, 6.45) is 0. The van der Waals surface area contributed by atoms with Gasteiger partial charge in [0.25, 0.3) is 0 Å². The first-order chi connectivity index (χ1) is 11.8. The predicted molar refractivity (Wildman–Crippen MR) is 116 cm³/mol. The van der Waals surface area contributed by atoms with E-state index in [1.807, 2.05) is 38.0 Å². The molecule has 0 spiro atoms. The SMILES string of the molecule is CN(C)c1ccc(S(=O)(=O)[S-])cc1.CN(C)c1ccc(S(=O)(=O)[S-])cc1.[Mg+2]. The summed E-state index contributed by atoms with van der Waals surface area (Å²) in [6.45, 7) is 0. The van der Waals surface area contributed by atoms with Crippen LogP contribution >= 0.6 is 0 Å². The van der Waals surface area contributed by atoms with Gasteiger partial charge >= 0.3 is 23.1 Å². The van der Waals surface area contributed by atoms with Crippen LogP contribution in [0.25, 0.3) is 0 Å². The minimum Gasteiger partial charge on any atom is -0.644 e. The predicted octanol–water partition coefficient (Wildman–Crippen LogP) is 1.60. The van der Waals surface area contributed by atoms with Crippen molar-refractivity contribution in [2.45, 2.75) is 9.79 Å². The van der Waals surface area contributed by atoms with Crippen molar-refractivity contribution in [1.82, 2.24) is 0 Å². The molecule has 0 bridgehead atoms. The molecular formula is C16H20MgN2O4S4. The third kappa shape index (κ3) is 8.96. The summed E-state index contributed by atoms with van der Waals surface area (Å²) in [5.74, 6) is 0.